The number of nitrogens with zero attached hydrogens (tertiary/aromatic N) is 2. The Morgan fingerprint density at radius 3 is 2.42 bits per heavy atom. The summed E-state index contributed by atoms with van der Waals surface area (Å²) in [5.41, 5.74) is 0.365. The predicted octanol–water partition coefficient (Wildman–Crippen LogP) is 7.88. The number of aliphatic imine (C=N–C) groups is 1. The van der Waals surface area contributed by atoms with E-state index < -0.39 is 22.4 Å². The fraction of sp³-hybridized carbons (Fsp3) is 0.0952. The summed E-state index contributed by atoms with van der Waals surface area (Å²) >= 11 is 9.38. The minimum atomic E-state index is -4.70. The fourth-order valence-corrected chi connectivity index (χ4v) is 3.18. The van der Waals surface area contributed by atoms with E-state index >= 15 is 0 Å². The average molecular weight is 514 g/mol. The summed E-state index contributed by atoms with van der Waals surface area (Å²) in [4.78, 5) is 14.6. The van der Waals surface area contributed by atoms with Gasteiger partial charge in [-0.1, -0.05) is 17.7 Å². The van der Waals surface area contributed by atoms with E-state index in [0.717, 1.165) is 17.7 Å². The lowest BCUT2D eigenvalue weighted by molar-refractivity contribution is -0.385. The van der Waals surface area contributed by atoms with Crippen molar-refractivity contribution in [3.05, 3.63) is 90.9 Å². The molecule has 10 heteroatoms. The van der Waals surface area contributed by atoms with Crippen LogP contribution in [0.3, 0.4) is 0 Å². The Kier molecular flexibility index (Phi) is 6.66. The van der Waals surface area contributed by atoms with Crippen molar-refractivity contribution in [2.45, 2.75) is 13.1 Å². The Morgan fingerprint density at radius 1 is 1.10 bits per heavy atom. The zero-order valence-corrected chi connectivity index (χ0v) is 18.1. The van der Waals surface area contributed by atoms with Gasteiger partial charge >= 0.3 is 11.9 Å². The molecule has 0 aliphatic heterocycles. The SMILES string of the molecule is Cc1ccc(N=Cc2ccc(Oc3ccc(C(F)(F)F)cc3[N+](=O)[O-])c(Br)c2)cc1Cl. The van der Waals surface area contributed by atoms with Gasteiger partial charge in [-0.25, -0.2) is 0 Å². The van der Waals surface area contributed by atoms with Crippen LogP contribution in [-0.4, -0.2) is 11.1 Å². The first kappa shape index (κ1) is 22.8. The third-order valence-corrected chi connectivity index (χ3v) is 5.20. The van der Waals surface area contributed by atoms with Gasteiger partial charge in [0.2, 0.25) is 5.75 Å². The van der Waals surface area contributed by atoms with Gasteiger partial charge in [-0.3, -0.25) is 15.1 Å². The van der Waals surface area contributed by atoms with Crippen molar-refractivity contribution in [2.75, 3.05) is 0 Å². The summed E-state index contributed by atoms with van der Waals surface area (Å²) in [6.45, 7) is 1.88. The first-order valence-corrected chi connectivity index (χ1v) is 9.85. The van der Waals surface area contributed by atoms with E-state index in [1.165, 1.54) is 6.07 Å². The molecule has 160 valence electrons. The normalized spacial score (nSPS) is 11.7. The summed E-state index contributed by atoms with van der Waals surface area (Å²) < 4.78 is 44.5. The molecule has 0 heterocycles. The molecule has 0 aliphatic carbocycles. The molecule has 0 radical (unpaired) electrons. The highest BCUT2D eigenvalue weighted by atomic mass is 79.9. The molecule has 0 bridgehead atoms. The molecule has 0 atom stereocenters. The van der Waals surface area contributed by atoms with Crippen LogP contribution in [0.2, 0.25) is 5.02 Å². The molecule has 0 saturated carbocycles. The van der Waals surface area contributed by atoms with Crippen LogP contribution in [0.25, 0.3) is 0 Å². The van der Waals surface area contributed by atoms with Gasteiger partial charge in [-0.15, -0.1) is 0 Å². The quantitative estimate of drug-likeness (QED) is 0.198. The number of benzene rings is 3. The Bertz CT molecular complexity index is 1180. The van der Waals surface area contributed by atoms with E-state index in [0.29, 0.717) is 26.8 Å². The largest absolute Gasteiger partial charge is 0.449 e. The number of nitro groups is 1. The maximum absolute atomic E-state index is 12.8. The second kappa shape index (κ2) is 9.07. The van der Waals surface area contributed by atoms with Crippen LogP contribution in [0.4, 0.5) is 24.5 Å². The highest BCUT2D eigenvalue weighted by molar-refractivity contribution is 9.10. The van der Waals surface area contributed by atoms with Gasteiger partial charge in [0.25, 0.3) is 0 Å². The predicted molar refractivity (Wildman–Crippen MR) is 116 cm³/mol. The maximum Gasteiger partial charge on any atom is 0.416 e. The number of ether oxygens (including phenoxy) is 1. The lowest BCUT2D eigenvalue weighted by atomic mass is 10.2. The second-order valence-electron chi connectivity index (χ2n) is 6.42. The summed E-state index contributed by atoms with van der Waals surface area (Å²) in [5, 5.41) is 11.8. The third kappa shape index (κ3) is 5.62. The van der Waals surface area contributed by atoms with Crippen LogP contribution < -0.4 is 4.74 Å². The van der Waals surface area contributed by atoms with Crippen molar-refractivity contribution in [1.29, 1.82) is 0 Å². The summed E-state index contributed by atoms with van der Waals surface area (Å²) in [7, 11) is 0. The van der Waals surface area contributed by atoms with Crippen molar-refractivity contribution in [3.63, 3.8) is 0 Å². The van der Waals surface area contributed by atoms with E-state index in [4.69, 9.17) is 16.3 Å². The molecule has 3 aromatic carbocycles. The zero-order valence-electron chi connectivity index (χ0n) is 15.8. The van der Waals surface area contributed by atoms with Crippen LogP contribution >= 0.6 is 27.5 Å². The van der Waals surface area contributed by atoms with E-state index in [9.17, 15) is 23.3 Å². The van der Waals surface area contributed by atoms with Gasteiger partial charge in [0.15, 0.2) is 0 Å². The summed E-state index contributed by atoms with van der Waals surface area (Å²) in [6.07, 6.45) is -3.11. The van der Waals surface area contributed by atoms with Crippen molar-refractivity contribution >= 4 is 45.1 Å². The van der Waals surface area contributed by atoms with E-state index in [2.05, 4.69) is 20.9 Å². The molecule has 0 unspecified atom stereocenters. The van der Waals surface area contributed by atoms with Crippen molar-refractivity contribution < 1.29 is 22.8 Å². The molecule has 0 fully saturated rings. The number of hydrogen-bond acceptors (Lipinski definition) is 4. The standard InChI is InChI=1S/C21H13BrClF3N2O3/c1-12-2-5-15(10-17(12)23)27-11-13-3-6-19(16(22)8-13)31-20-7-4-14(21(24,25)26)9-18(20)28(29)30/h2-11H,1H3. The van der Waals surface area contributed by atoms with Crippen LogP contribution in [0, 0.1) is 17.0 Å². The maximum atomic E-state index is 12.8. The minimum absolute atomic E-state index is 0.193. The topological polar surface area (TPSA) is 64.7 Å². The smallest absolute Gasteiger partial charge is 0.416 e. The summed E-state index contributed by atoms with van der Waals surface area (Å²) in [5.74, 6) is -0.118. The number of halogens is 5. The number of aryl methyl sites for hydroxylation is 1. The number of hydrogen-bond donors (Lipinski definition) is 0. The fourth-order valence-electron chi connectivity index (χ4n) is 2.53. The molecule has 31 heavy (non-hydrogen) atoms. The van der Waals surface area contributed by atoms with Crippen LogP contribution in [-0.2, 0) is 6.18 Å². The molecule has 5 nitrogen and oxygen atoms in total. The van der Waals surface area contributed by atoms with Gasteiger partial charge in [-0.05, 0) is 76.4 Å². The second-order valence-corrected chi connectivity index (χ2v) is 7.68. The Hall–Kier alpha value is -2.91. The molecule has 0 aliphatic rings. The highest BCUT2D eigenvalue weighted by Crippen LogP contribution is 2.39. The molecule has 0 N–H and O–H groups in total. The van der Waals surface area contributed by atoms with Gasteiger partial charge in [0.05, 0.1) is 20.6 Å². The molecular formula is C21H13BrClF3N2O3. The minimum Gasteiger partial charge on any atom is -0.449 e. The Balaban J connectivity index is 1.84. The molecule has 3 rings (SSSR count). The molecular weight excluding hydrogens is 501 g/mol. The number of rotatable bonds is 5. The van der Waals surface area contributed by atoms with E-state index in [-0.39, 0.29) is 11.5 Å². The van der Waals surface area contributed by atoms with Crippen molar-refractivity contribution in [2.24, 2.45) is 4.99 Å². The van der Waals surface area contributed by atoms with Crippen molar-refractivity contribution in [3.8, 4) is 11.5 Å². The molecule has 3 aromatic rings. The van der Waals surface area contributed by atoms with Crippen molar-refractivity contribution in [1.82, 2.24) is 0 Å². The first-order chi connectivity index (χ1) is 14.5. The number of alkyl halides is 3. The lowest BCUT2D eigenvalue weighted by Gasteiger charge is -2.11. The van der Waals surface area contributed by atoms with E-state index in [1.54, 1.807) is 24.4 Å². The zero-order chi connectivity index (χ0) is 22.8. The molecule has 0 amide bonds. The Labute approximate surface area is 188 Å². The van der Waals surface area contributed by atoms with Gasteiger partial charge in [0.1, 0.15) is 5.75 Å². The summed E-state index contributed by atoms with van der Waals surface area (Å²) in [6, 6.07) is 12.3. The van der Waals surface area contributed by atoms with Gasteiger partial charge in [0, 0.05) is 17.3 Å². The van der Waals surface area contributed by atoms with Gasteiger partial charge < -0.3 is 4.74 Å². The first-order valence-electron chi connectivity index (χ1n) is 8.68. The average Bonchev–Trinajstić information content (AvgIpc) is 2.70. The molecule has 0 aromatic heterocycles. The molecule has 0 spiro atoms. The van der Waals surface area contributed by atoms with Crippen LogP contribution in [0.1, 0.15) is 16.7 Å². The van der Waals surface area contributed by atoms with Crippen LogP contribution in [0.5, 0.6) is 11.5 Å². The van der Waals surface area contributed by atoms with Crippen LogP contribution in [0.15, 0.2) is 64.1 Å². The Morgan fingerprint density at radius 2 is 1.81 bits per heavy atom. The third-order valence-electron chi connectivity index (χ3n) is 4.18. The van der Waals surface area contributed by atoms with E-state index in [1.807, 2.05) is 19.1 Å². The number of nitro benzene ring substituents is 1. The monoisotopic (exact) mass is 512 g/mol. The van der Waals surface area contributed by atoms with Gasteiger partial charge in [-0.2, -0.15) is 13.2 Å². The highest BCUT2D eigenvalue weighted by Gasteiger charge is 2.33. The molecule has 0 saturated heterocycles. The lowest BCUT2D eigenvalue weighted by Crippen LogP contribution is -2.06.